The Labute approximate surface area is 146 Å². The summed E-state index contributed by atoms with van der Waals surface area (Å²) in [5.74, 6) is -0.930. The van der Waals surface area contributed by atoms with Gasteiger partial charge in [-0.15, -0.1) is 0 Å². The van der Waals surface area contributed by atoms with Crippen LogP contribution < -0.4 is 0 Å². The third kappa shape index (κ3) is 3.26. The van der Waals surface area contributed by atoms with E-state index in [1.54, 1.807) is 4.90 Å². The second-order valence-electron chi connectivity index (χ2n) is 6.93. The molecule has 2 aromatic rings. The predicted molar refractivity (Wildman–Crippen MR) is 94.5 cm³/mol. The number of fused-ring (bicyclic) bond motifs is 1. The normalized spacial score (nSPS) is 20.8. The molecular formula is C19H24N2O4. The number of piperidine rings is 1. The number of carbonyl (C=O) groups is 2. The molecule has 1 aromatic carbocycles. The lowest BCUT2D eigenvalue weighted by Gasteiger charge is -2.39. The van der Waals surface area contributed by atoms with Crippen molar-refractivity contribution < 1.29 is 19.4 Å². The molecule has 1 aromatic heterocycles. The number of nitrogens with one attached hydrogen (secondary N) is 1. The monoisotopic (exact) mass is 344 g/mol. The van der Waals surface area contributed by atoms with Crippen molar-refractivity contribution in [1.82, 2.24) is 9.88 Å². The van der Waals surface area contributed by atoms with Crippen LogP contribution in [0.4, 0.5) is 0 Å². The predicted octanol–water partition coefficient (Wildman–Crippen LogP) is 2.36. The lowest BCUT2D eigenvalue weighted by molar-refractivity contribution is -0.159. The molecular weight excluding hydrogens is 320 g/mol. The Kier molecular flexibility index (Phi) is 4.81. The summed E-state index contributed by atoms with van der Waals surface area (Å²) in [5, 5.41) is 10.7. The highest BCUT2D eigenvalue weighted by molar-refractivity contribution is 5.91. The average molecular weight is 344 g/mol. The zero-order chi connectivity index (χ0) is 18.0. The largest absolute Gasteiger partial charge is 0.481 e. The molecule has 6 heteroatoms. The van der Waals surface area contributed by atoms with E-state index in [0.29, 0.717) is 19.4 Å². The second kappa shape index (κ2) is 6.88. The van der Waals surface area contributed by atoms with Crippen LogP contribution in [-0.2, 0) is 20.7 Å². The van der Waals surface area contributed by atoms with Crippen molar-refractivity contribution in [2.75, 3.05) is 26.8 Å². The molecule has 2 heterocycles. The Morgan fingerprint density at radius 2 is 2.20 bits per heavy atom. The van der Waals surface area contributed by atoms with E-state index in [2.05, 4.69) is 4.98 Å². The number of H-pyrrole nitrogens is 1. The molecule has 0 aliphatic carbocycles. The summed E-state index contributed by atoms with van der Waals surface area (Å²) in [4.78, 5) is 29.4. The minimum absolute atomic E-state index is 0.0365. The van der Waals surface area contributed by atoms with E-state index in [1.165, 1.54) is 7.11 Å². The number of aryl methyl sites for hydroxylation is 1. The van der Waals surface area contributed by atoms with Crippen LogP contribution in [0.25, 0.3) is 10.9 Å². The number of hydrogen-bond donors (Lipinski definition) is 2. The summed E-state index contributed by atoms with van der Waals surface area (Å²) >= 11 is 0. The molecule has 3 rings (SSSR count). The molecule has 1 fully saturated rings. The van der Waals surface area contributed by atoms with Crippen LogP contribution in [0, 0.1) is 12.3 Å². The summed E-state index contributed by atoms with van der Waals surface area (Å²) in [5.41, 5.74) is 2.09. The molecule has 134 valence electrons. The smallest absolute Gasteiger partial charge is 0.313 e. The van der Waals surface area contributed by atoms with Crippen LogP contribution >= 0.6 is 0 Å². The van der Waals surface area contributed by atoms with E-state index in [9.17, 15) is 14.7 Å². The standard InChI is InChI=1S/C19H24N2O4/c1-13-5-3-6-15-17(13)14(10-20-15)9-16(22)21-8-4-7-19(11-21,12-25-2)18(23)24/h3,5-6,10,20H,4,7-9,11-12H2,1-2H3,(H,23,24). The Balaban J connectivity index is 1.79. The number of likely N-dealkylation sites (tertiary alicyclic amines) is 1. The zero-order valence-corrected chi connectivity index (χ0v) is 14.7. The first-order chi connectivity index (χ1) is 12.0. The van der Waals surface area contributed by atoms with E-state index < -0.39 is 11.4 Å². The first kappa shape index (κ1) is 17.5. The lowest BCUT2D eigenvalue weighted by atomic mass is 9.80. The molecule has 1 unspecified atom stereocenters. The Morgan fingerprint density at radius 3 is 2.92 bits per heavy atom. The number of aliphatic carboxylic acids is 1. The third-order valence-electron chi connectivity index (χ3n) is 5.14. The average Bonchev–Trinajstić information content (AvgIpc) is 2.99. The first-order valence-electron chi connectivity index (χ1n) is 8.52. The number of ether oxygens (including phenoxy) is 1. The van der Waals surface area contributed by atoms with Gasteiger partial charge in [-0.1, -0.05) is 12.1 Å². The summed E-state index contributed by atoms with van der Waals surface area (Å²) in [7, 11) is 1.50. The van der Waals surface area contributed by atoms with Gasteiger partial charge in [0, 0.05) is 37.3 Å². The van der Waals surface area contributed by atoms with E-state index >= 15 is 0 Å². The maximum atomic E-state index is 12.8. The van der Waals surface area contributed by atoms with Crippen LogP contribution in [-0.4, -0.2) is 53.7 Å². The number of aromatic amines is 1. The molecule has 1 saturated heterocycles. The fourth-order valence-electron chi connectivity index (χ4n) is 3.84. The number of aromatic nitrogens is 1. The molecule has 1 amide bonds. The van der Waals surface area contributed by atoms with Gasteiger partial charge >= 0.3 is 5.97 Å². The molecule has 1 atom stereocenters. The molecule has 0 radical (unpaired) electrons. The van der Waals surface area contributed by atoms with Crippen molar-refractivity contribution in [2.45, 2.75) is 26.2 Å². The fourth-order valence-corrected chi connectivity index (χ4v) is 3.84. The minimum atomic E-state index is -1.00. The molecule has 6 nitrogen and oxygen atoms in total. The molecule has 0 bridgehead atoms. The van der Waals surface area contributed by atoms with Gasteiger partial charge < -0.3 is 19.7 Å². The SMILES string of the molecule is COCC1(C(=O)O)CCCN(C(=O)Cc2c[nH]c3cccc(C)c23)C1. The van der Waals surface area contributed by atoms with Crippen molar-refractivity contribution in [3.8, 4) is 0 Å². The topological polar surface area (TPSA) is 82.6 Å². The molecule has 25 heavy (non-hydrogen) atoms. The second-order valence-corrected chi connectivity index (χ2v) is 6.93. The van der Waals surface area contributed by atoms with Gasteiger partial charge in [-0.3, -0.25) is 9.59 Å². The Bertz CT molecular complexity index is 794. The lowest BCUT2D eigenvalue weighted by Crippen LogP contribution is -2.52. The summed E-state index contributed by atoms with van der Waals surface area (Å²) < 4.78 is 5.13. The van der Waals surface area contributed by atoms with Crippen molar-refractivity contribution in [3.05, 3.63) is 35.5 Å². The fraction of sp³-hybridized carbons (Fsp3) is 0.474. The van der Waals surface area contributed by atoms with Crippen LogP contribution in [0.1, 0.15) is 24.0 Å². The molecule has 0 saturated carbocycles. The Morgan fingerprint density at radius 1 is 1.40 bits per heavy atom. The number of rotatable bonds is 5. The van der Waals surface area contributed by atoms with E-state index in [4.69, 9.17) is 4.74 Å². The van der Waals surface area contributed by atoms with Gasteiger partial charge in [0.2, 0.25) is 5.91 Å². The van der Waals surface area contributed by atoms with Gasteiger partial charge in [0.05, 0.1) is 13.0 Å². The number of hydrogen-bond acceptors (Lipinski definition) is 3. The highest BCUT2D eigenvalue weighted by Gasteiger charge is 2.43. The highest BCUT2D eigenvalue weighted by Crippen LogP contribution is 2.31. The van der Waals surface area contributed by atoms with Gasteiger partial charge in [0.1, 0.15) is 5.41 Å². The minimum Gasteiger partial charge on any atom is -0.481 e. The van der Waals surface area contributed by atoms with Crippen LogP contribution in [0.5, 0.6) is 0 Å². The van der Waals surface area contributed by atoms with Gasteiger partial charge in [-0.25, -0.2) is 0 Å². The van der Waals surface area contributed by atoms with Gasteiger partial charge in [0.25, 0.3) is 0 Å². The van der Waals surface area contributed by atoms with Crippen molar-refractivity contribution in [1.29, 1.82) is 0 Å². The van der Waals surface area contributed by atoms with E-state index in [0.717, 1.165) is 22.0 Å². The number of nitrogens with zero attached hydrogens (tertiary/aromatic N) is 1. The summed E-state index contributed by atoms with van der Waals surface area (Å²) in [6.07, 6.45) is 3.35. The summed E-state index contributed by atoms with van der Waals surface area (Å²) in [6.45, 7) is 2.95. The molecule has 1 aliphatic heterocycles. The van der Waals surface area contributed by atoms with Crippen molar-refractivity contribution in [2.24, 2.45) is 5.41 Å². The zero-order valence-electron chi connectivity index (χ0n) is 14.7. The third-order valence-corrected chi connectivity index (χ3v) is 5.14. The molecule has 0 spiro atoms. The van der Waals surface area contributed by atoms with Crippen molar-refractivity contribution >= 4 is 22.8 Å². The van der Waals surface area contributed by atoms with Crippen LogP contribution in [0.3, 0.4) is 0 Å². The first-order valence-corrected chi connectivity index (χ1v) is 8.52. The highest BCUT2D eigenvalue weighted by atomic mass is 16.5. The van der Waals surface area contributed by atoms with Gasteiger partial charge in [0.15, 0.2) is 0 Å². The number of amides is 1. The number of carboxylic acids is 1. The molecule has 2 N–H and O–H groups in total. The van der Waals surface area contributed by atoms with Crippen LogP contribution in [0.2, 0.25) is 0 Å². The maximum absolute atomic E-state index is 12.8. The van der Waals surface area contributed by atoms with Gasteiger partial charge in [-0.05, 0) is 37.0 Å². The van der Waals surface area contributed by atoms with E-state index in [1.807, 2.05) is 31.3 Å². The number of carbonyl (C=O) groups excluding carboxylic acids is 1. The van der Waals surface area contributed by atoms with Gasteiger partial charge in [-0.2, -0.15) is 0 Å². The maximum Gasteiger partial charge on any atom is 0.313 e. The summed E-state index contributed by atoms with van der Waals surface area (Å²) in [6, 6.07) is 6.00. The van der Waals surface area contributed by atoms with E-state index in [-0.39, 0.29) is 25.5 Å². The Hall–Kier alpha value is -2.34. The number of benzene rings is 1. The van der Waals surface area contributed by atoms with Crippen LogP contribution in [0.15, 0.2) is 24.4 Å². The molecule has 1 aliphatic rings. The number of carboxylic acid groups (broad SMARTS) is 1. The quantitative estimate of drug-likeness (QED) is 0.872. The van der Waals surface area contributed by atoms with Crippen molar-refractivity contribution in [3.63, 3.8) is 0 Å². The number of methoxy groups -OCH3 is 1.